The molecule has 0 saturated heterocycles. The van der Waals surface area contributed by atoms with Gasteiger partial charge in [-0.25, -0.2) is 4.98 Å². The Morgan fingerprint density at radius 3 is 2.65 bits per heavy atom. The lowest BCUT2D eigenvalue weighted by atomic mass is 10.1. The van der Waals surface area contributed by atoms with Crippen LogP contribution >= 0.6 is 0 Å². The van der Waals surface area contributed by atoms with Crippen LogP contribution in [0.5, 0.6) is 0 Å². The largest absolute Gasteiger partial charge is 0.416 e. The molecule has 1 aromatic heterocycles. The number of hydrogen-bond donors (Lipinski definition) is 2. The number of alkyl halides is 3. The first-order valence-corrected chi connectivity index (χ1v) is 7.36. The zero-order chi connectivity index (χ0) is 16.9. The maximum Gasteiger partial charge on any atom is 0.416 e. The van der Waals surface area contributed by atoms with Crippen molar-refractivity contribution in [1.82, 2.24) is 9.97 Å². The lowest BCUT2D eigenvalue weighted by molar-refractivity contribution is -0.137. The van der Waals surface area contributed by atoms with Gasteiger partial charge in [-0.15, -0.1) is 0 Å². The Bertz CT molecular complexity index is 641. The van der Waals surface area contributed by atoms with E-state index in [2.05, 4.69) is 34.4 Å². The van der Waals surface area contributed by atoms with Crippen LogP contribution in [0.3, 0.4) is 0 Å². The molecule has 1 heterocycles. The molecule has 1 aromatic carbocycles. The second kappa shape index (κ2) is 7.30. The molecule has 0 aliphatic heterocycles. The smallest absolute Gasteiger partial charge is 0.370 e. The summed E-state index contributed by atoms with van der Waals surface area (Å²) in [5, 5.41) is 5.96. The van der Waals surface area contributed by atoms with Gasteiger partial charge in [0.2, 0.25) is 5.95 Å². The minimum atomic E-state index is -4.38. The van der Waals surface area contributed by atoms with Crippen LogP contribution in [-0.2, 0) is 6.18 Å². The normalized spacial score (nSPS) is 11.6. The van der Waals surface area contributed by atoms with Crippen LogP contribution in [0.2, 0.25) is 0 Å². The summed E-state index contributed by atoms with van der Waals surface area (Å²) in [7, 11) is 0. The standard InChI is InChI=1S/C16H19F3N4/c1-11(2)6-8-20-14-7-9-21-15(23-14)22-13-5-3-4-12(10-13)16(17,18)19/h3-5,7,9-11H,6,8H2,1-2H3,(H2,20,21,22,23). The number of nitrogens with zero attached hydrogens (tertiary/aromatic N) is 2. The number of hydrogen-bond acceptors (Lipinski definition) is 4. The van der Waals surface area contributed by atoms with Crippen LogP contribution in [0, 0.1) is 5.92 Å². The summed E-state index contributed by atoms with van der Waals surface area (Å²) in [6.45, 7) is 5.03. The van der Waals surface area contributed by atoms with E-state index in [1.807, 2.05) is 0 Å². The van der Waals surface area contributed by atoms with Crippen LogP contribution in [-0.4, -0.2) is 16.5 Å². The van der Waals surface area contributed by atoms with Crippen molar-refractivity contribution in [3.63, 3.8) is 0 Å². The number of halogens is 3. The monoisotopic (exact) mass is 324 g/mol. The maximum atomic E-state index is 12.7. The van der Waals surface area contributed by atoms with E-state index in [0.29, 0.717) is 17.4 Å². The molecule has 2 N–H and O–H groups in total. The highest BCUT2D eigenvalue weighted by atomic mass is 19.4. The van der Waals surface area contributed by atoms with Crippen LogP contribution in [0.4, 0.5) is 30.6 Å². The molecule has 0 saturated carbocycles. The molecular formula is C16H19F3N4. The molecule has 0 radical (unpaired) electrons. The molecule has 124 valence electrons. The fourth-order valence-corrected chi connectivity index (χ4v) is 1.91. The Kier molecular flexibility index (Phi) is 5.41. The SMILES string of the molecule is CC(C)CCNc1ccnc(Nc2cccc(C(F)(F)F)c2)n1. The average molecular weight is 324 g/mol. The van der Waals surface area contributed by atoms with Gasteiger partial charge in [-0.05, 0) is 36.6 Å². The number of nitrogens with one attached hydrogen (secondary N) is 2. The molecule has 4 nitrogen and oxygen atoms in total. The lowest BCUT2D eigenvalue weighted by Gasteiger charge is -2.11. The second-order valence-corrected chi connectivity index (χ2v) is 5.58. The summed E-state index contributed by atoms with van der Waals surface area (Å²) in [5.41, 5.74) is -0.423. The van der Waals surface area contributed by atoms with Gasteiger partial charge in [0.15, 0.2) is 0 Å². The van der Waals surface area contributed by atoms with Gasteiger partial charge in [0, 0.05) is 18.4 Å². The van der Waals surface area contributed by atoms with E-state index < -0.39 is 11.7 Å². The van der Waals surface area contributed by atoms with Crippen molar-refractivity contribution in [2.24, 2.45) is 5.92 Å². The van der Waals surface area contributed by atoms with Gasteiger partial charge >= 0.3 is 6.18 Å². The van der Waals surface area contributed by atoms with Crippen molar-refractivity contribution < 1.29 is 13.2 Å². The predicted molar refractivity (Wildman–Crippen MR) is 84.7 cm³/mol. The molecular weight excluding hydrogens is 305 g/mol. The first-order chi connectivity index (χ1) is 10.8. The number of rotatable bonds is 6. The number of anilines is 3. The van der Waals surface area contributed by atoms with E-state index >= 15 is 0 Å². The van der Waals surface area contributed by atoms with Gasteiger partial charge < -0.3 is 10.6 Å². The third-order valence-corrected chi connectivity index (χ3v) is 3.13. The van der Waals surface area contributed by atoms with E-state index in [1.54, 1.807) is 12.3 Å². The molecule has 23 heavy (non-hydrogen) atoms. The van der Waals surface area contributed by atoms with Crippen molar-refractivity contribution in [2.75, 3.05) is 17.2 Å². The summed E-state index contributed by atoms with van der Waals surface area (Å²) in [6, 6.07) is 6.66. The molecule has 2 aromatic rings. The molecule has 0 aliphatic rings. The van der Waals surface area contributed by atoms with Crippen LogP contribution in [0.25, 0.3) is 0 Å². The Morgan fingerprint density at radius 1 is 1.17 bits per heavy atom. The molecule has 0 spiro atoms. The summed E-state index contributed by atoms with van der Waals surface area (Å²) >= 11 is 0. The Hall–Kier alpha value is -2.31. The summed E-state index contributed by atoms with van der Waals surface area (Å²) in [6.07, 6.45) is -1.82. The highest BCUT2D eigenvalue weighted by Gasteiger charge is 2.30. The molecule has 0 fully saturated rings. The molecule has 7 heteroatoms. The average Bonchev–Trinajstić information content (AvgIpc) is 2.47. The van der Waals surface area contributed by atoms with E-state index in [9.17, 15) is 13.2 Å². The molecule has 0 bridgehead atoms. The fraction of sp³-hybridized carbons (Fsp3) is 0.375. The number of benzene rings is 1. The third-order valence-electron chi connectivity index (χ3n) is 3.13. The molecule has 0 atom stereocenters. The van der Waals surface area contributed by atoms with Crippen LogP contribution < -0.4 is 10.6 Å². The van der Waals surface area contributed by atoms with Gasteiger partial charge in [-0.2, -0.15) is 18.2 Å². The van der Waals surface area contributed by atoms with E-state index in [1.165, 1.54) is 12.1 Å². The van der Waals surface area contributed by atoms with Crippen molar-refractivity contribution in [3.05, 3.63) is 42.1 Å². The maximum absolute atomic E-state index is 12.7. The van der Waals surface area contributed by atoms with Gasteiger partial charge in [-0.3, -0.25) is 0 Å². The highest BCUT2D eigenvalue weighted by molar-refractivity contribution is 5.56. The van der Waals surface area contributed by atoms with Gasteiger partial charge in [0.25, 0.3) is 0 Å². The minimum Gasteiger partial charge on any atom is -0.370 e. The first kappa shape index (κ1) is 17.1. The predicted octanol–water partition coefficient (Wildman–Crippen LogP) is 4.70. The molecule has 2 rings (SSSR count). The minimum absolute atomic E-state index is 0.249. The summed E-state index contributed by atoms with van der Waals surface area (Å²) in [5.74, 6) is 1.46. The fourth-order valence-electron chi connectivity index (χ4n) is 1.91. The summed E-state index contributed by atoms with van der Waals surface area (Å²) in [4.78, 5) is 8.27. The summed E-state index contributed by atoms with van der Waals surface area (Å²) < 4.78 is 38.1. The van der Waals surface area contributed by atoms with E-state index in [-0.39, 0.29) is 5.95 Å². The van der Waals surface area contributed by atoms with E-state index in [0.717, 1.165) is 25.1 Å². The lowest BCUT2D eigenvalue weighted by Crippen LogP contribution is -2.08. The third kappa shape index (κ3) is 5.43. The van der Waals surface area contributed by atoms with Crippen molar-refractivity contribution in [1.29, 1.82) is 0 Å². The topological polar surface area (TPSA) is 49.8 Å². The van der Waals surface area contributed by atoms with Crippen molar-refractivity contribution in [2.45, 2.75) is 26.4 Å². The van der Waals surface area contributed by atoms with Gasteiger partial charge in [0.1, 0.15) is 5.82 Å². The first-order valence-electron chi connectivity index (χ1n) is 7.36. The Labute approximate surface area is 133 Å². The second-order valence-electron chi connectivity index (χ2n) is 5.58. The zero-order valence-electron chi connectivity index (χ0n) is 13.0. The number of aromatic nitrogens is 2. The quantitative estimate of drug-likeness (QED) is 0.809. The molecule has 0 unspecified atom stereocenters. The van der Waals surface area contributed by atoms with Crippen LogP contribution in [0.15, 0.2) is 36.5 Å². The highest BCUT2D eigenvalue weighted by Crippen LogP contribution is 2.31. The molecule has 0 aliphatic carbocycles. The van der Waals surface area contributed by atoms with Crippen molar-refractivity contribution >= 4 is 17.5 Å². The van der Waals surface area contributed by atoms with E-state index in [4.69, 9.17) is 0 Å². The molecule has 0 amide bonds. The Balaban J connectivity index is 2.06. The van der Waals surface area contributed by atoms with Gasteiger partial charge in [0.05, 0.1) is 5.56 Å². The Morgan fingerprint density at radius 2 is 1.96 bits per heavy atom. The zero-order valence-corrected chi connectivity index (χ0v) is 13.0. The van der Waals surface area contributed by atoms with Crippen molar-refractivity contribution in [3.8, 4) is 0 Å². The van der Waals surface area contributed by atoms with Crippen LogP contribution in [0.1, 0.15) is 25.8 Å². The van der Waals surface area contributed by atoms with Gasteiger partial charge in [-0.1, -0.05) is 19.9 Å².